The predicted octanol–water partition coefficient (Wildman–Crippen LogP) is -0.246. The Bertz CT molecular complexity index is 383. The van der Waals surface area contributed by atoms with Gasteiger partial charge in [-0.1, -0.05) is 31.5 Å². The van der Waals surface area contributed by atoms with Crippen molar-refractivity contribution in [1.82, 2.24) is 0 Å². The molecule has 0 amide bonds. The van der Waals surface area contributed by atoms with Crippen LogP contribution in [0, 0.1) is 0 Å². The average Bonchev–Trinajstić information content (AvgIpc) is 2.25. The summed E-state index contributed by atoms with van der Waals surface area (Å²) >= 11 is 0. The van der Waals surface area contributed by atoms with Crippen LogP contribution in [0.5, 0.6) is 0 Å². The van der Waals surface area contributed by atoms with E-state index in [-0.39, 0.29) is 28.2 Å². The number of carbonyl (C=O) groups is 2. The zero-order valence-electron chi connectivity index (χ0n) is 9.29. The second-order valence-electron chi connectivity index (χ2n) is 3.51. The molecule has 0 unspecified atom stereocenters. The van der Waals surface area contributed by atoms with Crippen LogP contribution in [0.4, 0.5) is 0 Å². The summed E-state index contributed by atoms with van der Waals surface area (Å²) in [7, 11) is 0. The van der Waals surface area contributed by atoms with E-state index in [1.165, 1.54) is 18.2 Å². The van der Waals surface area contributed by atoms with Crippen molar-refractivity contribution in [1.29, 1.82) is 0 Å². The molecule has 1 radical (unpaired) electrons. The molecule has 0 atom stereocenters. The largest absolute Gasteiger partial charge is 2.00 e. The first kappa shape index (κ1) is 15.7. The van der Waals surface area contributed by atoms with Crippen molar-refractivity contribution in [2.45, 2.75) is 26.2 Å². The molecule has 0 aliphatic carbocycles. The van der Waals surface area contributed by atoms with E-state index >= 15 is 0 Å². The van der Waals surface area contributed by atoms with Crippen LogP contribution in [0.2, 0.25) is 0 Å². The average molecular weight is 284 g/mol. The first-order valence-electron chi connectivity index (χ1n) is 5.12. The summed E-state index contributed by atoms with van der Waals surface area (Å²) in [5, 5.41) is 21.7. The van der Waals surface area contributed by atoms with Crippen molar-refractivity contribution in [3.8, 4) is 0 Å². The number of carboxylic acid groups (broad SMARTS) is 2. The fraction of sp³-hybridized carbons (Fsp3) is 0.333. The molecule has 1 rings (SSSR count). The SMILES string of the molecule is CCCCc1c(C(=O)[O-])cccc1C(=O)[O-].[Cu+2]. The number of carboxylic acids is 2. The molecule has 0 heterocycles. The second kappa shape index (κ2) is 7.09. The zero-order valence-corrected chi connectivity index (χ0v) is 10.2. The van der Waals surface area contributed by atoms with Crippen molar-refractivity contribution >= 4 is 11.9 Å². The summed E-state index contributed by atoms with van der Waals surface area (Å²) < 4.78 is 0. The van der Waals surface area contributed by atoms with Crippen molar-refractivity contribution < 1.29 is 36.9 Å². The van der Waals surface area contributed by atoms with Crippen LogP contribution in [0.25, 0.3) is 0 Å². The predicted molar refractivity (Wildman–Crippen MR) is 53.7 cm³/mol. The van der Waals surface area contributed by atoms with Crippen LogP contribution in [0.1, 0.15) is 46.0 Å². The quantitative estimate of drug-likeness (QED) is 0.698. The summed E-state index contributed by atoms with van der Waals surface area (Å²) in [4.78, 5) is 21.7. The molecule has 4 nitrogen and oxygen atoms in total. The van der Waals surface area contributed by atoms with Gasteiger partial charge in [0, 0.05) is 11.1 Å². The molecule has 1 aromatic rings. The fourth-order valence-corrected chi connectivity index (χ4v) is 1.59. The van der Waals surface area contributed by atoms with Gasteiger partial charge >= 0.3 is 17.1 Å². The minimum absolute atomic E-state index is 0. The van der Waals surface area contributed by atoms with Crippen molar-refractivity contribution in [2.75, 3.05) is 0 Å². The molecule has 0 saturated carbocycles. The van der Waals surface area contributed by atoms with E-state index in [9.17, 15) is 19.8 Å². The van der Waals surface area contributed by atoms with E-state index in [2.05, 4.69) is 0 Å². The van der Waals surface area contributed by atoms with E-state index in [0.717, 1.165) is 12.8 Å². The number of benzene rings is 1. The van der Waals surface area contributed by atoms with Crippen LogP contribution in [-0.4, -0.2) is 11.9 Å². The summed E-state index contributed by atoms with van der Waals surface area (Å²) in [5.41, 5.74) is 0.176. The fourth-order valence-electron chi connectivity index (χ4n) is 1.59. The summed E-state index contributed by atoms with van der Waals surface area (Å²) in [6.07, 6.45) is 1.99. The van der Waals surface area contributed by atoms with Gasteiger partial charge in [0.05, 0.1) is 11.9 Å². The zero-order chi connectivity index (χ0) is 12.1. The molecule has 0 spiro atoms. The van der Waals surface area contributed by atoms with Gasteiger partial charge in [0.1, 0.15) is 0 Å². The van der Waals surface area contributed by atoms with Gasteiger partial charge in [-0.15, -0.1) is 0 Å². The molecule has 0 aromatic heterocycles. The first-order chi connectivity index (χ1) is 7.57. The molecule has 0 aliphatic rings. The number of aromatic carboxylic acids is 2. The Morgan fingerprint density at radius 2 is 1.59 bits per heavy atom. The molecule has 1 aromatic carbocycles. The first-order valence-corrected chi connectivity index (χ1v) is 5.12. The van der Waals surface area contributed by atoms with Gasteiger partial charge in [0.25, 0.3) is 0 Å². The third-order valence-corrected chi connectivity index (χ3v) is 2.40. The molecule has 0 fully saturated rings. The van der Waals surface area contributed by atoms with Gasteiger partial charge in [-0.25, -0.2) is 0 Å². The minimum atomic E-state index is -1.35. The normalized spacial score (nSPS) is 9.47. The van der Waals surface area contributed by atoms with Crippen molar-refractivity contribution in [3.05, 3.63) is 34.9 Å². The number of unbranched alkanes of at least 4 members (excludes halogenated alkanes) is 1. The van der Waals surface area contributed by atoms with Crippen LogP contribution in [0.15, 0.2) is 18.2 Å². The minimum Gasteiger partial charge on any atom is -0.545 e. The third kappa shape index (κ3) is 3.87. The van der Waals surface area contributed by atoms with E-state index in [4.69, 9.17) is 0 Å². The van der Waals surface area contributed by atoms with E-state index < -0.39 is 11.9 Å². The van der Waals surface area contributed by atoms with Gasteiger partial charge < -0.3 is 19.8 Å². The molecule has 5 heteroatoms. The Morgan fingerprint density at radius 1 is 1.12 bits per heavy atom. The van der Waals surface area contributed by atoms with Gasteiger partial charge in [-0.2, -0.15) is 0 Å². The van der Waals surface area contributed by atoms with Gasteiger partial charge in [-0.3, -0.25) is 0 Å². The maximum absolute atomic E-state index is 10.8. The molecule has 0 aliphatic heterocycles. The van der Waals surface area contributed by atoms with Crippen molar-refractivity contribution in [2.24, 2.45) is 0 Å². The molecule has 17 heavy (non-hydrogen) atoms. The summed E-state index contributed by atoms with van der Waals surface area (Å²) in [5.74, 6) is -2.71. The second-order valence-corrected chi connectivity index (χ2v) is 3.51. The van der Waals surface area contributed by atoms with Gasteiger partial charge in [-0.05, 0) is 18.4 Å². The summed E-state index contributed by atoms with van der Waals surface area (Å²) in [6, 6.07) is 4.09. The number of rotatable bonds is 5. The number of hydrogen-bond acceptors (Lipinski definition) is 4. The Kier molecular flexibility index (Phi) is 6.54. The summed E-state index contributed by atoms with van der Waals surface area (Å²) in [6.45, 7) is 1.94. The Labute approximate surface area is 110 Å². The Hall–Kier alpha value is -1.32. The number of hydrogen-bond donors (Lipinski definition) is 0. The Morgan fingerprint density at radius 3 is 1.94 bits per heavy atom. The molecule has 0 N–H and O–H groups in total. The van der Waals surface area contributed by atoms with Crippen LogP contribution < -0.4 is 10.2 Å². The maximum Gasteiger partial charge on any atom is 2.00 e. The van der Waals surface area contributed by atoms with E-state index in [0.29, 0.717) is 12.0 Å². The monoisotopic (exact) mass is 283 g/mol. The molecular weight excluding hydrogens is 272 g/mol. The number of carbonyl (C=O) groups excluding carboxylic acids is 2. The van der Waals surface area contributed by atoms with E-state index in [1.807, 2.05) is 6.92 Å². The van der Waals surface area contributed by atoms with Crippen LogP contribution in [0.3, 0.4) is 0 Å². The van der Waals surface area contributed by atoms with Crippen LogP contribution in [-0.2, 0) is 23.5 Å². The van der Waals surface area contributed by atoms with Gasteiger partial charge in [0.2, 0.25) is 0 Å². The standard InChI is InChI=1S/C12H14O4.Cu/c1-2-3-5-8-9(11(13)14)6-4-7-10(8)12(15)16;/h4,6-7H,2-3,5H2,1H3,(H,13,14)(H,15,16);/q;+2/p-2. The molecule has 0 saturated heterocycles. The van der Waals surface area contributed by atoms with Crippen molar-refractivity contribution in [3.63, 3.8) is 0 Å². The molecule has 0 bridgehead atoms. The topological polar surface area (TPSA) is 80.3 Å². The smallest absolute Gasteiger partial charge is 0.545 e. The van der Waals surface area contributed by atoms with E-state index in [1.54, 1.807) is 0 Å². The molecule has 95 valence electrons. The Balaban J connectivity index is 0.00000256. The molecular formula is C12H12CuO4. The maximum atomic E-state index is 10.8. The van der Waals surface area contributed by atoms with Crippen LogP contribution >= 0.6 is 0 Å². The third-order valence-electron chi connectivity index (χ3n) is 2.40. The van der Waals surface area contributed by atoms with Gasteiger partial charge in [0.15, 0.2) is 0 Å².